The van der Waals surface area contributed by atoms with Gasteiger partial charge in [-0.25, -0.2) is 0 Å². The minimum absolute atomic E-state index is 0. The van der Waals surface area contributed by atoms with E-state index >= 15 is 0 Å². The standard InChI is InChI=1S/C19H33N3O3.HI/c1-5-20-19(21-10-6-12-25-14-15(2)3)22-11-9-16-7-8-17(24-4)13-18(16)23;/h7-8,13,15,23H,5-6,9-12,14H2,1-4H3,(H2,20,21,22);1H. The molecule has 0 unspecified atom stereocenters. The highest BCUT2D eigenvalue weighted by molar-refractivity contribution is 14.0. The number of nitrogens with one attached hydrogen (secondary N) is 2. The number of rotatable bonds is 11. The Kier molecular flexibility index (Phi) is 14.2. The van der Waals surface area contributed by atoms with Gasteiger partial charge in [0.25, 0.3) is 0 Å². The lowest BCUT2D eigenvalue weighted by Crippen LogP contribution is -2.38. The Hall–Kier alpha value is -1.22. The number of hydrogen-bond donors (Lipinski definition) is 3. The average Bonchev–Trinajstić information content (AvgIpc) is 2.58. The fourth-order valence-corrected chi connectivity index (χ4v) is 2.22. The molecule has 0 radical (unpaired) electrons. The molecule has 0 atom stereocenters. The maximum absolute atomic E-state index is 9.99. The second-order valence-corrected chi connectivity index (χ2v) is 6.25. The van der Waals surface area contributed by atoms with Crippen LogP contribution in [-0.2, 0) is 11.2 Å². The molecule has 0 saturated carbocycles. The fraction of sp³-hybridized carbons (Fsp3) is 0.632. The van der Waals surface area contributed by atoms with Crippen molar-refractivity contribution in [1.82, 2.24) is 10.6 Å². The largest absolute Gasteiger partial charge is 0.508 e. The second-order valence-electron chi connectivity index (χ2n) is 6.25. The first kappa shape index (κ1) is 24.8. The minimum Gasteiger partial charge on any atom is -0.508 e. The number of ether oxygens (including phenoxy) is 2. The summed E-state index contributed by atoms with van der Waals surface area (Å²) in [4.78, 5) is 4.54. The highest BCUT2D eigenvalue weighted by Crippen LogP contribution is 2.23. The van der Waals surface area contributed by atoms with Gasteiger partial charge in [0.05, 0.1) is 7.11 Å². The van der Waals surface area contributed by atoms with E-state index < -0.39 is 0 Å². The molecule has 0 aliphatic carbocycles. The van der Waals surface area contributed by atoms with Crippen LogP contribution in [-0.4, -0.2) is 51.0 Å². The van der Waals surface area contributed by atoms with Crippen molar-refractivity contribution >= 4 is 29.9 Å². The molecule has 1 rings (SSSR count). The number of guanidine groups is 1. The van der Waals surface area contributed by atoms with Gasteiger partial charge in [0.2, 0.25) is 0 Å². The molecule has 1 aromatic carbocycles. The number of benzene rings is 1. The Labute approximate surface area is 174 Å². The number of aliphatic imine (C=N–C) groups is 1. The van der Waals surface area contributed by atoms with Crippen LogP contribution in [0.25, 0.3) is 0 Å². The Morgan fingerprint density at radius 1 is 1.27 bits per heavy atom. The average molecular weight is 479 g/mol. The highest BCUT2D eigenvalue weighted by atomic mass is 127. The van der Waals surface area contributed by atoms with Crippen molar-refractivity contribution < 1.29 is 14.6 Å². The Morgan fingerprint density at radius 3 is 2.65 bits per heavy atom. The minimum atomic E-state index is 0. The summed E-state index contributed by atoms with van der Waals surface area (Å²) in [5.41, 5.74) is 0.881. The van der Waals surface area contributed by atoms with Crippen molar-refractivity contribution in [2.75, 3.05) is 40.0 Å². The molecule has 0 heterocycles. The number of methoxy groups -OCH3 is 1. The molecule has 6 nitrogen and oxygen atoms in total. The van der Waals surface area contributed by atoms with Crippen LogP contribution in [0.15, 0.2) is 23.2 Å². The highest BCUT2D eigenvalue weighted by Gasteiger charge is 2.04. The van der Waals surface area contributed by atoms with E-state index in [1.165, 1.54) is 0 Å². The lowest BCUT2D eigenvalue weighted by Gasteiger charge is -2.12. The van der Waals surface area contributed by atoms with Crippen LogP contribution in [0, 0.1) is 5.92 Å². The summed E-state index contributed by atoms with van der Waals surface area (Å²) in [7, 11) is 1.59. The number of nitrogens with zero attached hydrogens (tertiary/aromatic N) is 1. The monoisotopic (exact) mass is 479 g/mol. The number of hydrogen-bond acceptors (Lipinski definition) is 4. The smallest absolute Gasteiger partial charge is 0.191 e. The molecule has 3 N–H and O–H groups in total. The number of phenolic OH excluding ortho intramolecular Hbond substituents is 1. The molecule has 0 saturated heterocycles. The molecule has 0 aromatic heterocycles. The Bertz CT molecular complexity index is 525. The fourth-order valence-electron chi connectivity index (χ4n) is 2.22. The predicted octanol–water partition coefficient (Wildman–Crippen LogP) is 3.18. The van der Waals surface area contributed by atoms with Gasteiger partial charge in [0.1, 0.15) is 11.5 Å². The molecular weight excluding hydrogens is 445 g/mol. The Balaban J connectivity index is 0.00000625. The van der Waals surface area contributed by atoms with Crippen LogP contribution in [0.1, 0.15) is 32.8 Å². The normalized spacial score (nSPS) is 11.2. The molecule has 150 valence electrons. The lowest BCUT2D eigenvalue weighted by atomic mass is 10.1. The zero-order chi connectivity index (χ0) is 18.5. The van der Waals surface area contributed by atoms with E-state index in [1.807, 2.05) is 19.1 Å². The summed E-state index contributed by atoms with van der Waals surface area (Å²) in [5, 5.41) is 16.5. The molecule has 0 bridgehead atoms. The van der Waals surface area contributed by atoms with E-state index in [0.29, 0.717) is 24.6 Å². The number of phenols is 1. The molecule has 0 aliphatic rings. The SMILES string of the molecule is CCNC(=NCCCOCC(C)C)NCCc1ccc(OC)cc1O.I. The first-order valence-electron chi connectivity index (χ1n) is 9.02. The molecule has 1 aromatic rings. The first-order chi connectivity index (χ1) is 12.1. The van der Waals surface area contributed by atoms with E-state index in [4.69, 9.17) is 9.47 Å². The van der Waals surface area contributed by atoms with Crippen LogP contribution >= 0.6 is 24.0 Å². The van der Waals surface area contributed by atoms with Gasteiger partial charge in [-0.05, 0) is 37.3 Å². The van der Waals surface area contributed by atoms with E-state index in [1.54, 1.807) is 13.2 Å². The van der Waals surface area contributed by atoms with Gasteiger partial charge < -0.3 is 25.2 Å². The summed E-state index contributed by atoms with van der Waals surface area (Å²) in [6.45, 7) is 10.1. The van der Waals surface area contributed by atoms with Crippen LogP contribution in [0.3, 0.4) is 0 Å². The number of aromatic hydroxyl groups is 1. The molecule has 0 aliphatic heterocycles. The van der Waals surface area contributed by atoms with Gasteiger partial charge in [0.15, 0.2) is 5.96 Å². The van der Waals surface area contributed by atoms with Gasteiger partial charge in [-0.2, -0.15) is 0 Å². The summed E-state index contributed by atoms with van der Waals surface area (Å²) < 4.78 is 10.7. The summed E-state index contributed by atoms with van der Waals surface area (Å²) in [6.07, 6.45) is 1.61. The van der Waals surface area contributed by atoms with Crippen molar-refractivity contribution in [2.24, 2.45) is 10.9 Å². The van der Waals surface area contributed by atoms with E-state index in [9.17, 15) is 5.11 Å². The van der Waals surface area contributed by atoms with Crippen molar-refractivity contribution in [3.8, 4) is 11.5 Å². The number of halogens is 1. The maximum atomic E-state index is 9.99. The first-order valence-corrected chi connectivity index (χ1v) is 9.02. The quantitative estimate of drug-likeness (QED) is 0.197. The van der Waals surface area contributed by atoms with E-state index in [2.05, 4.69) is 29.5 Å². The molecule has 0 spiro atoms. The van der Waals surface area contributed by atoms with Gasteiger partial charge in [-0.15, -0.1) is 24.0 Å². The third-order valence-electron chi connectivity index (χ3n) is 3.49. The maximum Gasteiger partial charge on any atom is 0.191 e. The Morgan fingerprint density at radius 2 is 2.04 bits per heavy atom. The summed E-state index contributed by atoms with van der Waals surface area (Å²) in [5.74, 6) is 2.27. The molecule has 7 heteroatoms. The zero-order valence-electron chi connectivity index (χ0n) is 16.4. The second kappa shape index (κ2) is 14.9. The van der Waals surface area contributed by atoms with Crippen LogP contribution in [0.4, 0.5) is 0 Å². The molecule has 0 amide bonds. The summed E-state index contributed by atoms with van der Waals surface area (Å²) >= 11 is 0. The lowest BCUT2D eigenvalue weighted by molar-refractivity contribution is 0.109. The van der Waals surface area contributed by atoms with Crippen LogP contribution in [0.5, 0.6) is 11.5 Å². The van der Waals surface area contributed by atoms with Gasteiger partial charge in [0, 0.05) is 38.9 Å². The molecule has 26 heavy (non-hydrogen) atoms. The van der Waals surface area contributed by atoms with Gasteiger partial charge in [-0.3, -0.25) is 4.99 Å². The van der Waals surface area contributed by atoms with E-state index in [-0.39, 0.29) is 29.7 Å². The van der Waals surface area contributed by atoms with Gasteiger partial charge in [-0.1, -0.05) is 19.9 Å². The van der Waals surface area contributed by atoms with E-state index in [0.717, 1.165) is 44.2 Å². The van der Waals surface area contributed by atoms with Crippen LogP contribution < -0.4 is 15.4 Å². The molecular formula is C19H34IN3O3. The zero-order valence-corrected chi connectivity index (χ0v) is 18.7. The van der Waals surface area contributed by atoms with Crippen LogP contribution in [0.2, 0.25) is 0 Å². The van der Waals surface area contributed by atoms with Crippen molar-refractivity contribution in [3.05, 3.63) is 23.8 Å². The van der Waals surface area contributed by atoms with Crippen molar-refractivity contribution in [2.45, 2.75) is 33.6 Å². The third-order valence-corrected chi connectivity index (χ3v) is 3.49. The molecule has 0 fully saturated rings. The third kappa shape index (κ3) is 10.7. The summed E-state index contributed by atoms with van der Waals surface area (Å²) in [6, 6.07) is 5.36. The topological polar surface area (TPSA) is 75.1 Å². The van der Waals surface area contributed by atoms with Crippen molar-refractivity contribution in [3.63, 3.8) is 0 Å². The van der Waals surface area contributed by atoms with Crippen molar-refractivity contribution in [1.29, 1.82) is 0 Å². The predicted molar refractivity (Wildman–Crippen MR) is 118 cm³/mol. The van der Waals surface area contributed by atoms with Gasteiger partial charge >= 0.3 is 0 Å².